The summed E-state index contributed by atoms with van der Waals surface area (Å²) in [6.45, 7) is 7.37. The summed E-state index contributed by atoms with van der Waals surface area (Å²) in [4.78, 5) is 5.03. The van der Waals surface area contributed by atoms with E-state index in [1.165, 1.54) is 0 Å². The maximum atomic E-state index is 12.5. The van der Waals surface area contributed by atoms with Crippen LogP contribution in [0.4, 0.5) is 0 Å². The van der Waals surface area contributed by atoms with Gasteiger partial charge in [-0.1, -0.05) is 17.7 Å². The van der Waals surface area contributed by atoms with E-state index in [0.29, 0.717) is 17.1 Å². The van der Waals surface area contributed by atoms with E-state index in [2.05, 4.69) is 14.5 Å². The summed E-state index contributed by atoms with van der Waals surface area (Å²) in [7, 11) is -3.51. The van der Waals surface area contributed by atoms with Crippen LogP contribution in [-0.4, -0.2) is 63.5 Å². The number of rotatable bonds is 4. The second-order valence-electron chi connectivity index (χ2n) is 5.71. The smallest absolute Gasteiger partial charge is 0.240 e. The molecule has 3 saturated heterocycles. The molecule has 0 radical (unpaired) electrons. The molecule has 1 unspecified atom stereocenters. The number of piperazine rings is 3. The highest BCUT2D eigenvalue weighted by Crippen LogP contribution is 2.23. The predicted molar refractivity (Wildman–Crippen MR) is 83.2 cm³/mol. The number of fused-ring (bicyclic) bond motifs is 3. The minimum Gasteiger partial charge on any atom is -0.299 e. The average molecular weight is 330 g/mol. The van der Waals surface area contributed by atoms with Crippen molar-refractivity contribution >= 4 is 21.6 Å². The van der Waals surface area contributed by atoms with Crippen LogP contribution < -0.4 is 4.72 Å². The van der Waals surface area contributed by atoms with E-state index in [-0.39, 0.29) is 10.9 Å². The molecule has 0 spiro atoms. The van der Waals surface area contributed by atoms with Gasteiger partial charge < -0.3 is 0 Å². The minimum absolute atomic E-state index is 0.266. The lowest BCUT2D eigenvalue weighted by molar-refractivity contribution is 0.0158. The molecule has 3 aliphatic heterocycles. The van der Waals surface area contributed by atoms with Gasteiger partial charge in [-0.3, -0.25) is 9.80 Å². The number of benzene rings is 1. The molecule has 4 rings (SSSR count). The van der Waals surface area contributed by atoms with Crippen LogP contribution in [0.5, 0.6) is 0 Å². The molecule has 0 aliphatic carbocycles. The number of nitrogens with one attached hydrogen (secondary N) is 1. The summed E-state index contributed by atoms with van der Waals surface area (Å²) < 4.78 is 27.6. The maximum absolute atomic E-state index is 12.5. The first kappa shape index (κ1) is 15.2. The lowest BCUT2D eigenvalue weighted by Gasteiger charge is -2.47. The standard InChI is InChI=1S/C14H20ClN3O2S/c1-11-13(15)3-2-4-14(11)21(19,20)16-9-12-10-17-5-7-18(12)8-6-17/h2-4,12,16H,5-10H2,1H3. The molecule has 3 fully saturated rings. The fourth-order valence-corrected chi connectivity index (χ4v) is 4.65. The third-order valence-electron chi connectivity index (χ3n) is 4.41. The Morgan fingerprint density at radius 2 is 2.00 bits per heavy atom. The summed E-state index contributed by atoms with van der Waals surface area (Å²) >= 11 is 6.01. The number of halogens is 1. The van der Waals surface area contributed by atoms with Crippen LogP contribution in [0.1, 0.15) is 5.56 Å². The largest absolute Gasteiger partial charge is 0.299 e. The number of sulfonamides is 1. The topological polar surface area (TPSA) is 52.7 Å². The van der Waals surface area contributed by atoms with Crippen LogP contribution in [0.25, 0.3) is 0 Å². The van der Waals surface area contributed by atoms with Crippen LogP contribution in [0.3, 0.4) is 0 Å². The lowest BCUT2D eigenvalue weighted by atomic mass is 10.1. The molecule has 116 valence electrons. The number of nitrogens with zero attached hydrogens (tertiary/aromatic N) is 2. The third-order valence-corrected chi connectivity index (χ3v) is 6.39. The van der Waals surface area contributed by atoms with Gasteiger partial charge in [-0.25, -0.2) is 13.1 Å². The molecule has 3 aliphatic rings. The van der Waals surface area contributed by atoms with Gasteiger partial charge in [-0.05, 0) is 24.6 Å². The van der Waals surface area contributed by atoms with Crippen LogP contribution in [0, 0.1) is 6.92 Å². The molecule has 0 aromatic heterocycles. The molecule has 7 heteroatoms. The van der Waals surface area contributed by atoms with Crippen molar-refractivity contribution in [3.05, 3.63) is 28.8 Å². The summed E-state index contributed by atoms with van der Waals surface area (Å²) in [6.07, 6.45) is 0. The summed E-state index contributed by atoms with van der Waals surface area (Å²) in [5.74, 6) is 0. The third kappa shape index (κ3) is 3.10. The Morgan fingerprint density at radius 1 is 1.29 bits per heavy atom. The van der Waals surface area contributed by atoms with Gasteiger partial charge in [0.25, 0.3) is 0 Å². The molecule has 0 saturated carbocycles. The molecule has 21 heavy (non-hydrogen) atoms. The van der Waals surface area contributed by atoms with Crippen molar-refractivity contribution in [1.29, 1.82) is 0 Å². The second kappa shape index (κ2) is 5.85. The molecule has 1 aromatic rings. The fraction of sp³-hybridized carbons (Fsp3) is 0.571. The van der Waals surface area contributed by atoms with Crippen molar-refractivity contribution in [2.24, 2.45) is 0 Å². The first-order chi connectivity index (χ1) is 9.97. The van der Waals surface area contributed by atoms with Gasteiger partial charge in [0.1, 0.15) is 0 Å². The van der Waals surface area contributed by atoms with E-state index in [0.717, 1.165) is 32.7 Å². The Kier molecular flexibility index (Phi) is 4.25. The first-order valence-corrected chi connectivity index (χ1v) is 9.05. The summed E-state index contributed by atoms with van der Waals surface area (Å²) in [6, 6.07) is 5.23. The lowest BCUT2D eigenvalue weighted by Crippen LogP contribution is -2.63. The molecular weight excluding hydrogens is 310 g/mol. The van der Waals surface area contributed by atoms with Gasteiger partial charge in [0.05, 0.1) is 4.90 Å². The minimum atomic E-state index is -3.51. The monoisotopic (exact) mass is 329 g/mol. The van der Waals surface area contributed by atoms with E-state index in [1.807, 2.05) is 0 Å². The van der Waals surface area contributed by atoms with Crippen molar-refractivity contribution in [2.75, 3.05) is 39.3 Å². The SMILES string of the molecule is Cc1c(Cl)cccc1S(=O)(=O)NCC1CN2CCN1CC2. The molecule has 5 nitrogen and oxygen atoms in total. The van der Waals surface area contributed by atoms with Gasteiger partial charge in [0.15, 0.2) is 0 Å². The molecule has 1 atom stereocenters. The molecule has 0 amide bonds. The van der Waals surface area contributed by atoms with Crippen molar-refractivity contribution in [3.63, 3.8) is 0 Å². The van der Waals surface area contributed by atoms with Crippen LogP contribution in [0.15, 0.2) is 23.1 Å². The van der Waals surface area contributed by atoms with E-state index >= 15 is 0 Å². The quantitative estimate of drug-likeness (QED) is 0.893. The predicted octanol–water partition coefficient (Wildman–Crippen LogP) is 0.927. The molecular formula is C14H20ClN3O2S. The Bertz CT molecular complexity index is 627. The van der Waals surface area contributed by atoms with E-state index < -0.39 is 10.0 Å². The van der Waals surface area contributed by atoms with Crippen molar-refractivity contribution in [1.82, 2.24) is 14.5 Å². The zero-order valence-electron chi connectivity index (χ0n) is 12.0. The zero-order chi connectivity index (χ0) is 15.0. The number of hydrogen-bond acceptors (Lipinski definition) is 4. The summed E-state index contributed by atoms with van der Waals surface area (Å²) in [5, 5.41) is 0.476. The van der Waals surface area contributed by atoms with Crippen molar-refractivity contribution < 1.29 is 8.42 Å². The Hall–Kier alpha value is -0.660. The van der Waals surface area contributed by atoms with Crippen LogP contribution >= 0.6 is 11.6 Å². The average Bonchev–Trinajstić information content (AvgIpc) is 2.49. The van der Waals surface area contributed by atoms with E-state index in [4.69, 9.17) is 11.6 Å². The van der Waals surface area contributed by atoms with E-state index in [9.17, 15) is 8.42 Å². The second-order valence-corrected chi connectivity index (χ2v) is 7.85. The molecule has 1 aromatic carbocycles. The van der Waals surface area contributed by atoms with E-state index in [1.54, 1.807) is 25.1 Å². The van der Waals surface area contributed by atoms with Crippen LogP contribution in [-0.2, 0) is 10.0 Å². The first-order valence-electron chi connectivity index (χ1n) is 7.18. The van der Waals surface area contributed by atoms with Gasteiger partial charge in [-0.2, -0.15) is 0 Å². The normalized spacial score (nSPS) is 28.8. The highest BCUT2D eigenvalue weighted by molar-refractivity contribution is 7.89. The van der Waals surface area contributed by atoms with Gasteiger partial charge in [-0.15, -0.1) is 0 Å². The highest BCUT2D eigenvalue weighted by atomic mass is 35.5. The van der Waals surface area contributed by atoms with Crippen LogP contribution in [0.2, 0.25) is 5.02 Å². The molecule has 3 heterocycles. The Labute approximate surface area is 130 Å². The van der Waals surface area contributed by atoms with Crippen molar-refractivity contribution in [2.45, 2.75) is 17.9 Å². The summed E-state index contributed by atoms with van der Waals surface area (Å²) in [5.41, 5.74) is 0.598. The Morgan fingerprint density at radius 3 is 2.62 bits per heavy atom. The number of hydrogen-bond donors (Lipinski definition) is 1. The maximum Gasteiger partial charge on any atom is 0.240 e. The molecule has 1 N–H and O–H groups in total. The zero-order valence-corrected chi connectivity index (χ0v) is 13.6. The van der Waals surface area contributed by atoms with Gasteiger partial charge in [0.2, 0.25) is 10.0 Å². The van der Waals surface area contributed by atoms with Gasteiger partial charge >= 0.3 is 0 Å². The van der Waals surface area contributed by atoms with Crippen molar-refractivity contribution in [3.8, 4) is 0 Å². The fourth-order valence-electron chi connectivity index (χ4n) is 3.08. The highest BCUT2D eigenvalue weighted by Gasteiger charge is 2.32. The Balaban J connectivity index is 1.71. The van der Waals surface area contributed by atoms with Gasteiger partial charge in [0, 0.05) is 50.3 Å². The molecule has 2 bridgehead atoms.